The predicted octanol–water partition coefficient (Wildman–Crippen LogP) is 1.46. The Balaban J connectivity index is 2.37. The average Bonchev–Trinajstić information content (AvgIpc) is 2.71. The van der Waals surface area contributed by atoms with Crippen LogP contribution in [0, 0.1) is 0 Å². The molecule has 4 N–H and O–H groups in total. The van der Waals surface area contributed by atoms with Crippen molar-refractivity contribution in [1.29, 1.82) is 0 Å². The lowest BCUT2D eigenvalue weighted by atomic mass is 10.2. The third kappa shape index (κ3) is 1.79. The summed E-state index contributed by atoms with van der Waals surface area (Å²) >= 11 is 0. The van der Waals surface area contributed by atoms with E-state index in [4.69, 9.17) is 16.2 Å². The first-order valence-electron chi connectivity index (χ1n) is 5.20. The minimum atomic E-state index is 0.595. The molecule has 0 radical (unpaired) electrons. The van der Waals surface area contributed by atoms with Crippen molar-refractivity contribution < 1.29 is 4.74 Å². The van der Waals surface area contributed by atoms with Gasteiger partial charge >= 0.3 is 0 Å². The number of rotatable bonds is 2. The molecule has 1 aliphatic heterocycles. The van der Waals surface area contributed by atoms with Gasteiger partial charge in [-0.1, -0.05) is 0 Å². The molecule has 2 rings (SSSR count). The van der Waals surface area contributed by atoms with Crippen LogP contribution in [0.3, 0.4) is 0 Å². The lowest BCUT2D eigenvalue weighted by Gasteiger charge is -2.21. The second-order valence-electron chi connectivity index (χ2n) is 3.85. The van der Waals surface area contributed by atoms with E-state index in [-0.39, 0.29) is 0 Å². The zero-order valence-corrected chi connectivity index (χ0v) is 8.99. The highest BCUT2D eigenvalue weighted by Gasteiger charge is 2.16. The first kappa shape index (κ1) is 9.96. The van der Waals surface area contributed by atoms with Gasteiger partial charge in [-0.15, -0.1) is 0 Å². The van der Waals surface area contributed by atoms with E-state index in [1.807, 2.05) is 6.07 Å². The molecular weight excluding hydrogens is 190 g/mol. The predicted molar refractivity (Wildman–Crippen MR) is 63.3 cm³/mol. The summed E-state index contributed by atoms with van der Waals surface area (Å²) in [5, 5.41) is 0. The summed E-state index contributed by atoms with van der Waals surface area (Å²) in [6, 6.07) is 3.70. The monoisotopic (exact) mass is 207 g/mol. The van der Waals surface area contributed by atoms with Crippen molar-refractivity contribution in [2.24, 2.45) is 0 Å². The average molecular weight is 207 g/mol. The molecule has 1 heterocycles. The molecule has 4 nitrogen and oxygen atoms in total. The molecule has 1 aromatic rings. The van der Waals surface area contributed by atoms with Crippen LogP contribution in [-0.2, 0) is 0 Å². The number of nitrogens with zero attached hydrogens (tertiary/aromatic N) is 1. The van der Waals surface area contributed by atoms with Crippen LogP contribution in [0.15, 0.2) is 12.1 Å². The number of nitrogens with two attached hydrogens (primary N) is 2. The van der Waals surface area contributed by atoms with Gasteiger partial charge in [0.25, 0.3) is 0 Å². The van der Waals surface area contributed by atoms with Gasteiger partial charge in [0.1, 0.15) is 5.75 Å². The minimum absolute atomic E-state index is 0.595. The highest BCUT2D eigenvalue weighted by molar-refractivity contribution is 5.76. The molecular formula is C11H17N3O. The Morgan fingerprint density at radius 2 is 1.80 bits per heavy atom. The molecule has 0 aliphatic carbocycles. The molecule has 0 amide bonds. The standard InChI is InChI=1S/C11H17N3O/c1-15-11-7-10(8(12)6-9(11)13)14-4-2-3-5-14/h6-7H,2-5,12-13H2,1H3. The Morgan fingerprint density at radius 1 is 1.13 bits per heavy atom. The summed E-state index contributed by atoms with van der Waals surface area (Å²) in [5.74, 6) is 0.700. The fourth-order valence-corrected chi connectivity index (χ4v) is 2.01. The van der Waals surface area contributed by atoms with Gasteiger partial charge in [-0.05, 0) is 18.9 Å². The third-order valence-electron chi connectivity index (χ3n) is 2.83. The smallest absolute Gasteiger partial charge is 0.143 e. The van der Waals surface area contributed by atoms with Crippen LogP contribution in [0.4, 0.5) is 17.1 Å². The molecule has 0 unspecified atom stereocenters. The molecule has 1 saturated heterocycles. The number of hydrogen-bond donors (Lipinski definition) is 2. The second kappa shape index (κ2) is 3.88. The first-order valence-corrected chi connectivity index (χ1v) is 5.20. The Bertz CT molecular complexity index is 359. The van der Waals surface area contributed by atoms with Crippen molar-refractivity contribution in [2.45, 2.75) is 12.8 Å². The quantitative estimate of drug-likeness (QED) is 0.721. The van der Waals surface area contributed by atoms with E-state index in [9.17, 15) is 0 Å². The maximum atomic E-state index is 5.95. The summed E-state index contributed by atoms with van der Waals surface area (Å²) in [5.41, 5.74) is 14.1. The Morgan fingerprint density at radius 3 is 2.40 bits per heavy atom. The molecule has 0 saturated carbocycles. The highest BCUT2D eigenvalue weighted by Crippen LogP contribution is 2.34. The minimum Gasteiger partial charge on any atom is -0.495 e. The number of anilines is 3. The van der Waals surface area contributed by atoms with Gasteiger partial charge in [0.15, 0.2) is 0 Å². The van der Waals surface area contributed by atoms with Crippen LogP contribution in [0.5, 0.6) is 5.75 Å². The van der Waals surface area contributed by atoms with Crippen molar-refractivity contribution in [3.63, 3.8) is 0 Å². The Kier molecular flexibility index (Phi) is 2.58. The maximum Gasteiger partial charge on any atom is 0.143 e. The number of hydrogen-bond acceptors (Lipinski definition) is 4. The van der Waals surface area contributed by atoms with Gasteiger partial charge in [-0.2, -0.15) is 0 Å². The van der Waals surface area contributed by atoms with Gasteiger partial charge < -0.3 is 21.1 Å². The van der Waals surface area contributed by atoms with Gasteiger partial charge in [-0.25, -0.2) is 0 Å². The van der Waals surface area contributed by atoms with Crippen molar-refractivity contribution in [2.75, 3.05) is 36.6 Å². The summed E-state index contributed by atoms with van der Waals surface area (Å²) in [4.78, 5) is 2.28. The first-order chi connectivity index (χ1) is 7.22. The highest BCUT2D eigenvalue weighted by atomic mass is 16.5. The number of methoxy groups -OCH3 is 1. The lowest BCUT2D eigenvalue weighted by molar-refractivity contribution is 0.417. The summed E-state index contributed by atoms with van der Waals surface area (Å²) in [7, 11) is 1.62. The second-order valence-corrected chi connectivity index (χ2v) is 3.85. The molecule has 0 atom stereocenters. The molecule has 4 heteroatoms. The largest absolute Gasteiger partial charge is 0.495 e. The van der Waals surface area contributed by atoms with E-state index in [0.717, 1.165) is 24.5 Å². The van der Waals surface area contributed by atoms with Crippen molar-refractivity contribution >= 4 is 17.1 Å². The fourth-order valence-electron chi connectivity index (χ4n) is 2.01. The summed E-state index contributed by atoms with van der Waals surface area (Å²) in [6.45, 7) is 2.13. The van der Waals surface area contributed by atoms with Gasteiger partial charge in [0.2, 0.25) is 0 Å². The molecule has 1 fully saturated rings. The van der Waals surface area contributed by atoms with E-state index in [2.05, 4.69) is 4.90 Å². The SMILES string of the molecule is COc1cc(N2CCCC2)c(N)cc1N. The van der Waals surface area contributed by atoms with E-state index in [0.29, 0.717) is 11.4 Å². The third-order valence-corrected chi connectivity index (χ3v) is 2.83. The molecule has 0 aromatic heterocycles. The molecule has 0 spiro atoms. The van der Waals surface area contributed by atoms with Crippen LogP contribution in [0.25, 0.3) is 0 Å². The molecule has 1 aliphatic rings. The normalized spacial score (nSPS) is 15.7. The Hall–Kier alpha value is -1.58. The zero-order valence-electron chi connectivity index (χ0n) is 8.99. The molecule has 0 bridgehead atoms. The summed E-state index contributed by atoms with van der Waals surface area (Å²) < 4.78 is 5.19. The van der Waals surface area contributed by atoms with Crippen molar-refractivity contribution in [3.8, 4) is 5.75 Å². The lowest BCUT2D eigenvalue weighted by Crippen LogP contribution is -2.19. The molecule has 15 heavy (non-hydrogen) atoms. The molecule has 1 aromatic carbocycles. The van der Waals surface area contributed by atoms with Crippen LogP contribution in [-0.4, -0.2) is 20.2 Å². The van der Waals surface area contributed by atoms with Gasteiger partial charge in [0.05, 0.1) is 24.2 Å². The van der Waals surface area contributed by atoms with Crippen LogP contribution >= 0.6 is 0 Å². The number of ether oxygens (including phenoxy) is 1. The maximum absolute atomic E-state index is 5.95. The molecule has 82 valence electrons. The zero-order chi connectivity index (χ0) is 10.8. The van der Waals surface area contributed by atoms with E-state index in [1.54, 1.807) is 13.2 Å². The van der Waals surface area contributed by atoms with Crippen molar-refractivity contribution in [1.82, 2.24) is 0 Å². The van der Waals surface area contributed by atoms with E-state index >= 15 is 0 Å². The number of benzene rings is 1. The van der Waals surface area contributed by atoms with Crippen LogP contribution in [0.1, 0.15) is 12.8 Å². The van der Waals surface area contributed by atoms with Gasteiger partial charge in [0, 0.05) is 19.2 Å². The Labute approximate surface area is 89.8 Å². The van der Waals surface area contributed by atoms with Crippen molar-refractivity contribution in [3.05, 3.63) is 12.1 Å². The summed E-state index contributed by atoms with van der Waals surface area (Å²) in [6.07, 6.45) is 2.46. The van der Waals surface area contributed by atoms with Crippen LogP contribution in [0.2, 0.25) is 0 Å². The van der Waals surface area contributed by atoms with Gasteiger partial charge in [-0.3, -0.25) is 0 Å². The van der Waals surface area contributed by atoms with Crippen LogP contribution < -0.4 is 21.1 Å². The van der Waals surface area contributed by atoms with E-state index < -0.39 is 0 Å². The fraction of sp³-hybridized carbons (Fsp3) is 0.455. The number of nitrogen functional groups attached to an aromatic ring is 2. The van der Waals surface area contributed by atoms with E-state index in [1.165, 1.54) is 12.8 Å². The topological polar surface area (TPSA) is 64.5 Å².